The molecule has 3 aromatic rings. The Hall–Kier alpha value is -5.24. The largest absolute Gasteiger partial charge is 0.480 e. The lowest BCUT2D eigenvalue weighted by Crippen LogP contribution is -2.59. The third-order valence-corrected chi connectivity index (χ3v) is 9.12. The Balaban J connectivity index is 1.83. The Labute approximate surface area is 323 Å². The molecule has 0 aliphatic carbocycles. The minimum absolute atomic E-state index is 0.00419. The number of carbonyl (C=O) groups excluding carboxylic acids is 5. The van der Waals surface area contributed by atoms with E-state index in [1.54, 1.807) is 6.20 Å². The van der Waals surface area contributed by atoms with Gasteiger partial charge in [-0.2, -0.15) is 0 Å². The van der Waals surface area contributed by atoms with E-state index in [9.17, 15) is 33.9 Å². The molecule has 14 nitrogen and oxygen atoms in total. The summed E-state index contributed by atoms with van der Waals surface area (Å²) in [6, 6.07) is 10.3. The lowest BCUT2D eigenvalue weighted by atomic mass is 9.98. The average Bonchev–Trinajstić information content (AvgIpc) is 3.52. The molecule has 0 bridgehead atoms. The van der Waals surface area contributed by atoms with E-state index in [0.29, 0.717) is 0 Å². The Kier molecular flexibility index (Phi) is 16.9. The van der Waals surface area contributed by atoms with Gasteiger partial charge < -0.3 is 42.4 Å². The summed E-state index contributed by atoms with van der Waals surface area (Å²) in [6.45, 7) is 12.7. The molecule has 2 aromatic carbocycles. The number of carboxylic acids is 1. The molecule has 0 saturated carbocycles. The van der Waals surface area contributed by atoms with Crippen molar-refractivity contribution in [2.75, 3.05) is 0 Å². The van der Waals surface area contributed by atoms with E-state index in [2.05, 4.69) is 31.6 Å². The van der Waals surface area contributed by atoms with Gasteiger partial charge in [-0.05, 0) is 67.6 Å². The van der Waals surface area contributed by atoms with Gasteiger partial charge in [-0.15, -0.1) is 0 Å². The van der Waals surface area contributed by atoms with Crippen LogP contribution in [0.15, 0.2) is 60.8 Å². The number of aliphatic carboxylic acids is 1. The highest BCUT2D eigenvalue weighted by Gasteiger charge is 2.33. The molecule has 0 spiro atoms. The van der Waals surface area contributed by atoms with Crippen LogP contribution in [0.1, 0.15) is 78.9 Å². The SMILES string of the molecule is CC(C)C[C@H](NC(=O)[C@H](C)NC(=O)[C@H](Cc1c[nH]c2ccccc12)NC(=O)[C@H](CC(C)C)NC(=O)[C@H](CC(C)C)NC(=O)[C@@H](N)Cc1ccccc1)C(=O)O. The van der Waals surface area contributed by atoms with Crippen molar-refractivity contribution >= 4 is 46.4 Å². The monoisotopic (exact) mass is 761 g/mol. The molecular weight excluding hydrogens is 702 g/mol. The third kappa shape index (κ3) is 14.2. The molecule has 1 heterocycles. The predicted octanol–water partition coefficient (Wildman–Crippen LogP) is 2.95. The molecule has 300 valence electrons. The maximum absolute atomic E-state index is 14.1. The van der Waals surface area contributed by atoms with Crippen molar-refractivity contribution in [1.82, 2.24) is 31.6 Å². The van der Waals surface area contributed by atoms with Crippen LogP contribution in [0, 0.1) is 17.8 Å². The van der Waals surface area contributed by atoms with Crippen molar-refractivity contribution < 1.29 is 33.9 Å². The number of nitrogens with two attached hydrogens (primary N) is 1. The first kappa shape index (κ1) is 44.2. The maximum atomic E-state index is 14.1. The molecule has 0 unspecified atom stereocenters. The van der Waals surface area contributed by atoms with Crippen LogP contribution >= 0.6 is 0 Å². The van der Waals surface area contributed by atoms with Crippen molar-refractivity contribution in [2.45, 2.75) is 117 Å². The van der Waals surface area contributed by atoms with Crippen LogP contribution in [0.4, 0.5) is 0 Å². The first-order valence-electron chi connectivity index (χ1n) is 19.0. The third-order valence-electron chi connectivity index (χ3n) is 9.12. The smallest absolute Gasteiger partial charge is 0.326 e. The number of fused-ring (bicyclic) bond motifs is 1. The van der Waals surface area contributed by atoms with Gasteiger partial charge in [0.2, 0.25) is 29.5 Å². The number of aromatic amines is 1. The van der Waals surface area contributed by atoms with Crippen molar-refractivity contribution in [3.63, 3.8) is 0 Å². The molecule has 9 N–H and O–H groups in total. The van der Waals surface area contributed by atoms with E-state index in [0.717, 1.165) is 22.0 Å². The summed E-state index contributed by atoms with van der Waals surface area (Å²) in [4.78, 5) is 83.0. The summed E-state index contributed by atoms with van der Waals surface area (Å²) in [7, 11) is 0. The Morgan fingerprint density at radius 3 is 1.62 bits per heavy atom. The van der Waals surface area contributed by atoms with E-state index in [1.165, 1.54) is 6.92 Å². The molecule has 0 saturated heterocycles. The number of carbonyl (C=O) groups is 6. The van der Waals surface area contributed by atoms with Gasteiger partial charge in [0.1, 0.15) is 30.2 Å². The number of aromatic nitrogens is 1. The zero-order valence-electron chi connectivity index (χ0n) is 33.0. The Morgan fingerprint density at radius 2 is 1.05 bits per heavy atom. The zero-order valence-corrected chi connectivity index (χ0v) is 33.0. The highest BCUT2D eigenvalue weighted by molar-refractivity contribution is 5.97. The van der Waals surface area contributed by atoms with Crippen molar-refractivity contribution in [3.05, 3.63) is 71.9 Å². The second-order valence-corrected chi connectivity index (χ2v) is 15.6. The number of amides is 5. The van der Waals surface area contributed by atoms with Gasteiger partial charge >= 0.3 is 5.97 Å². The van der Waals surface area contributed by atoms with Gasteiger partial charge in [-0.25, -0.2) is 4.79 Å². The highest BCUT2D eigenvalue weighted by Crippen LogP contribution is 2.20. The summed E-state index contributed by atoms with van der Waals surface area (Å²) in [6.07, 6.45) is 2.77. The predicted molar refractivity (Wildman–Crippen MR) is 211 cm³/mol. The lowest BCUT2D eigenvalue weighted by Gasteiger charge is -2.28. The second-order valence-electron chi connectivity index (χ2n) is 15.6. The van der Waals surface area contributed by atoms with Gasteiger partial charge in [0.05, 0.1) is 6.04 Å². The fourth-order valence-electron chi connectivity index (χ4n) is 6.29. The summed E-state index contributed by atoms with van der Waals surface area (Å²) >= 11 is 0. The minimum atomic E-state index is -1.19. The van der Waals surface area contributed by atoms with E-state index >= 15 is 0 Å². The minimum Gasteiger partial charge on any atom is -0.480 e. The molecule has 0 aliphatic heterocycles. The molecule has 1 aromatic heterocycles. The standard InChI is InChI=1S/C41H59N7O7/c1-23(2)17-32(45-37(50)30(42)20-27-13-9-8-10-14-27)39(52)46-33(18-24(3)4)40(53)47-34(21-28-22-43-31-16-12-11-15-29(28)31)38(51)44-26(7)36(49)48-35(41(54)55)19-25(5)6/h8-16,22-26,30,32-35,43H,17-21,42H2,1-7H3,(H,44,51)(H,45,50)(H,46,52)(H,47,53)(H,48,49)(H,54,55)/t26-,30-,32-,33-,34-,35-/m0/s1. The van der Waals surface area contributed by atoms with E-state index in [-0.39, 0.29) is 49.9 Å². The zero-order chi connectivity index (χ0) is 40.8. The van der Waals surface area contributed by atoms with Crippen LogP contribution < -0.4 is 32.3 Å². The summed E-state index contributed by atoms with van der Waals surface area (Å²) in [5, 5.41) is 24.0. The maximum Gasteiger partial charge on any atom is 0.326 e. The molecule has 0 radical (unpaired) electrons. The lowest BCUT2D eigenvalue weighted by molar-refractivity contribution is -0.142. The quantitative estimate of drug-likeness (QED) is 0.0804. The number of carboxylic acid groups (broad SMARTS) is 1. The summed E-state index contributed by atoms with van der Waals surface area (Å²) in [5.41, 5.74) is 8.66. The van der Waals surface area contributed by atoms with Crippen molar-refractivity contribution in [1.29, 1.82) is 0 Å². The summed E-state index contributed by atoms with van der Waals surface area (Å²) in [5.74, 6) is -4.28. The van der Waals surface area contributed by atoms with Crippen LogP contribution in [0.3, 0.4) is 0 Å². The molecule has 3 rings (SSSR count). The van der Waals surface area contributed by atoms with Crippen LogP contribution in [0.25, 0.3) is 10.9 Å². The van der Waals surface area contributed by atoms with Gasteiger partial charge in [0.25, 0.3) is 0 Å². The first-order valence-corrected chi connectivity index (χ1v) is 19.0. The second kappa shape index (κ2) is 21.0. The van der Waals surface area contributed by atoms with E-state index in [1.807, 2.05) is 96.1 Å². The van der Waals surface area contributed by atoms with Crippen LogP contribution in [-0.2, 0) is 41.6 Å². The molecular formula is C41H59N7O7. The van der Waals surface area contributed by atoms with Gasteiger partial charge in [0.15, 0.2) is 0 Å². The van der Waals surface area contributed by atoms with E-state index in [4.69, 9.17) is 5.73 Å². The van der Waals surface area contributed by atoms with E-state index < -0.39 is 71.8 Å². The van der Waals surface area contributed by atoms with Gasteiger partial charge in [-0.1, -0.05) is 90.1 Å². The normalized spacial score (nSPS) is 14.7. The molecule has 14 heteroatoms. The molecule has 5 amide bonds. The van der Waals surface area contributed by atoms with Crippen LogP contribution in [0.5, 0.6) is 0 Å². The number of para-hydroxylation sites is 1. The van der Waals surface area contributed by atoms with Crippen molar-refractivity contribution in [2.24, 2.45) is 23.5 Å². The number of nitrogens with one attached hydrogen (secondary N) is 6. The number of benzene rings is 2. The van der Waals surface area contributed by atoms with Gasteiger partial charge in [-0.3, -0.25) is 24.0 Å². The first-order chi connectivity index (χ1) is 25.9. The fourth-order valence-corrected chi connectivity index (χ4v) is 6.29. The number of hydrogen-bond acceptors (Lipinski definition) is 7. The fraction of sp³-hybridized carbons (Fsp3) is 0.512. The van der Waals surface area contributed by atoms with Gasteiger partial charge in [0, 0.05) is 23.5 Å². The molecule has 55 heavy (non-hydrogen) atoms. The average molecular weight is 762 g/mol. The number of H-pyrrole nitrogens is 1. The topological polar surface area (TPSA) is 225 Å². The Morgan fingerprint density at radius 1 is 0.582 bits per heavy atom. The highest BCUT2D eigenvalue weighted by atomic mass is 16.4. The molecule has 0 aliphatic rings. The molecule has 0 fully saturated rings. The summed E-state index contributed by atoms with van der Waals surface area (Å²) < 4.78 is 0. The van der Waals surface area contributed by atoms with Crippen LogP contribution in [-0.4, -0.2) is 81.8 Å². The van der Waals surface area contributed by atoms with Crippen molar-refractivity contribution in [3.8, 4) is 0 Å². The van der Waals surface area contributed by atoms with Crippen LogP contribution in [0.2, 0.25) is 0 Å². The number of rotatable bonds is 21. The molecule has 6 atom stereocenters. The Bertz CT molecular complexity index is 1760. The number of hydrogen-bond donors (Lipinski definition) is 8.